The highest BCUT2D eigenvalue weighted by atomic mass is 19.4. The summed E-state index contributed by atoms with van der Waals surface area (Å²) >= 11 is 0. The molecule has 0 aliphatic rings. The third-order valence-corrected chi connectivity index (χ3v) is 2.38. The summed E-state index contributed by atoms with van der Waals surface area (Å²) in [6.07, 6.45) is -4.52. The fourth-order valence-corrected chi connectivity index (χ4v) is 1.53. The first-order valence-electron chi connectivity index (χ1n) is 5.26. The molecule has 0 saturated carbocycles. The van der Waals surface area contributed by atoms with Crippen LogP contribution in [-0.2, 0) is 13.2 Å². The van der Waals surface area contributed by atoms with Crippen molar-refractivity contribution in [1.29, 1.82) is 0 Å². The van der Waals surface area contributed by atoms with E-state index in [1.54, 1.807) is 13.0 Å². The molecule has 19 heavy (non-hydrogen) atoms. The highest BCUT2D eigenvalue weighted by Crippen LogP contribution is 2.30. The van der Waals surface area contributed by atoms with Crippen LogP contribution in [0.25, 0.3) is 0 Å². The van der Waals surface area contributed by atoms with Gasteiger partial charge in [0.15, 0.2) is 11.6 Å². The van der Waals surface area contributed by atoms with Crippen molar-refractivity contribution in [2.75, 3.05) is 5.32 Å². The number of nitrogens with one attached hydrogen (secondary N) is 1. The zero-order chi connectivity index (χ0) is 14.2. The number of halogens is 3. The molecule has 0 aromatic carbocycles. The highest BCUT2D eigenvalue weighted by Gasteiger charge is 2.35. The topological polar surface area (TPSA) is 60.1 Å². The van der Waals surface area contributed by atoms with E-state index < -0.39 is 17.8 Å². The van der Waals surface area contributed by atoms with Crippen LogP contribution < -0.4 is 5.32 Å². The Balaban J connectivity index is 2.18. The standard InChI is InChI=1S/C11H10F3N3O2/c1-6-3-4-7(19-6)10(18)15-9-5-8(11(12,13)14)17(2)16-9/h3-5H,1-2H3,(H,15,16,18). The molecule has 0 saturated heterocycles. The second-order valence-electron chi connectivity index (χ2n) is 3.90. The van der Waals surface area contributed by atoms with Crippen LogP contribution in [0.15, 0.2) is 22.6 Å². The molecule has 1 N–H and O–H groups in total. The number of amides is 1. The first-order valence-corrected chi connectivity index (χ1v) is 5.26. The minimum Gasteiger partial charge on any atom is -0.456 e. The Bertz CT molecular complexity index is 613. The minimum absolute atomic E-state index is 0.0108. The van der Waals surface area contributed by atoms with Crippen LogP contribution in [0, 0.1) is 6.92 Å². The van der Waals surface area contributed by atoms with Gasteiger partial charge in [-0.3, -0.25) is 9.48 Å². The van der Waals surface area contributed by atoms with E-state index in [-0.39, 0.29) is 11.6 Å². The van der Waals surface area contributed by atoms with Gasteiger partial charge < -0.3 is 9.73 Å². The number of hydrogen-bond donors (Lipinski definition) is 1. The number of aromatic nitrogens is 2. The molecule has 2 aromatic rings. The number of hydrogen-bond acceptors (Lipinski definition) is 3. The van der Waals surface area contributed by atoms with Gasteiger partial charge in [-0.2, -0.15) is 18.3 Å². The summed E-state index contributed by atoms with van der Waals surface area (Å²) in [4.78, 5) is 11.7. The van der Waals surface area contributed by atoms with Crippen LogP contribution >= 0.6 is 0 Å². The number of aryl methyl sites for hydroxylation is 2. The Kier molecular flexibility index (Phi) is 3.09. The summed E-state index contributed by atoms with van der Waals surface area (Å²) in [5, 5.41) is 5.81. The number of nitrogens with zero attached hydrogens (tertiary/aromatic N) is 2. The van der Waals surface area contributed by atoms with E-state index in [0.29, 0.717) is 10.4 Å². The van der Waals surface area contributed by atoms with Crippen LogP contribution in [0.3, 0.4) is 0 Å². The van der Waals surface area contributed by atoms with Crippen molar-refractivity contribution in [1.82, 2.24) is 9.78 Å². The first-order chi connectivity index (χ1) is 8.77. The first kappa shape index (κ1) is 13.2. The molecule has 2 heterocycles. The summed E-state index contributed by atoms with van der Waals surface area (Å²) < 4.78 is 43.3. The summed E-state index contributed by atoms with van der Waals surface area (Å²) in [7, 11) is 1.15. The lowest BCUT2D eigenvalue weighted by atomic mass is 10.4. The van der Waals surface area contributed by atoms with Gasteiger partial charge in [0.1, 0.15) is 11.5 Å². The molecule has 5 nitrogen and oxygen atoms in total. The van der Waals surface area contributed by atoms with Crippen molar-refractivity contribution in [3.63, 3.8) is 0 Å². The monoisotopic (exact) mass is 273 g/mol. The summed E-state index contributed by atoms with van der Waals surface area (Å²) in [6.45, 7) is 1.65. The Morgan fingerprint density at radius 3 is 2.58 bits per heavy atom. The summed E-state index contributed by atoms with van der Waals surface area (Å²) in [5.74, 6) is -0.298. The highest BCUT2D eigenvalue weighted by molar-refractivity contribution is 6.01. The molecule has 102 valence electrons. The van der Waals surface area contributed by atoms with E-state index in [9.17, 15) is 18.0 Å². The molecular formula is C11H10F3N3O2. The van der Waals surface area contributed by atoms with Crippen molar-refractivity contribution >= 4 is 11.7 Å². The summed E-state index contributed by atoms with van der Waals surface area (Å²) in [5.41, 5.74) is -0.946. The number of anilines is 1. The maximum Gasteiger partial charge on any atom is 0.433 e. The average Bonchev–Trinajstić information content (AvgIpc) is 2.84. The molecule has 0 fully saturated rings. The van der Waals surface area contributed by atoms with Gasteiger partial charge in [0.2, 0.25) is 0 Å². The van der Waals surface area contributed by atoms with Gasteiger partial charge in [-0.15, -0.1) is 0 Å². The number of rotatable bonds is 2. The number of alkyl halides is 3. The van der Waals surface area contributed by atoms with Crippen molar-refractivity contribution in [3.8, 4) is 0 Å². The maximum absolute atomic E-state index is 12.5. The molecule has 0 spiro atoms. The number of carbonyl (C=O) groups excluding carboxylic acids is 1. The van der Waals surface area contributed by atoms with Crippen molar-refractivity contribution in [3.05, 3.63) is 35.4 Å². The third-order valence-electron chi connectivity index (χ3n) is 2.38. The molecule has 2 aromatic heterocycles. The molecule has 0 aliphatic heterocycles. The molecule has 0 bridgehead atoms. The molecule has 2 rings (SSSR count). The van der Waals surface area contributed by atoms with Crippen molar-refractivity contribution < 1.29 is 22.4 Å². The molecule has 0 radical (unpaired) electrons. The molecule has 8 heteroatoms. The van der Waals surface area contributed by atoms with E-state index >= 15 is 0 Å². The fourth-order valence-electron chi connectivity index (χ4n) is 1.53. The fraction of sp³-hybridized carbons (Fsp3) is 0.273. The number of carbonyl (C=O) groups is 1. The van der Waals surface area contributed by atoms with Crippen LogP contribution in [0.1, 0.15) is 22.0 Å². The molecule has 0 aliphatic carbocycles. The zero-order valence-corrected chi connectivity index (χ0v) is 10.1. The second kappa shape index (κ2) is 4.45. The van der Waals surface area contributed by atoms with Gasteiger partial charge >= 0.3 is 6.18 Å². The van der Waals surface area contributed by atoms with Crippen LogP contribution in [-0.4, -0.2) is 15.7 Å². The van der Waals surface area contributed by atoms with E-state index in [1.807, 2.05) is 0 Å². The molecule has 1 amide bonds. The maximum atomic E-state index is 12.5. The van der Waals surface area contributed by atoms with Crippen LogP contribution in [0.2, 0.25) is 0 Å². The average molecular weight is 273 g/mol. The Hall–Kier alpha value is -2.25. The van der Waals surface area contributed by atoms with Crippen LogP contribution in [0.4, 0.5) is 19.0 Å². The van der Waals surface area contributed by atoms with Gasteiger partial charge in [-0.1, -0.05) is 0 Å². The zero-order valence-electron chi connectivity index (χ0n) is 10.1. The Morgan fingerprint density at radius 2 is 2.11 bits per heavy atom. The number of furan rings is 1. The van der Waals surface area contributed by atoms with Gasteiger partial charge in [-0.25, -0.2) is 0 Å². The van der Waals surface area contributed by atoms with Crippen LogP contribution in [0.5, 0.6) is 0 Å². The predicted molar refractivity (Wildman–Crippen MR) is 59.6 cm³/mol. The van der Waals surface area contributed by atoms with E-state index in [2.05, 4.69) is 10.4 Å². The second-order valence-corrected chi connectivity index (χ2v) is 3.90. The lowest BCUT2D eigenvalue weighted by Gasteiger charge is -2.04. The normalized spacial score (nSPS) is 11.6. The lowest BCUT2D eigenvalue weighted by molar-refractivity contribution is -0.143. The van der Waals surface area contributed by atoms with E-state index in [1.165, 1.54) is 6.07 Å². The largest absolute Gasteiger partial charge is 0.456 e. The third kappa shape index (κ3) is 2.78. The lowest BCUT2D eigenvalue weighted by Crippen LogP contribution is -2.11. The SMILES string of the molecule is Cc1ccc(C(=O)Nc2cc(C(F)(F)F)n(C)n2)o1. The van der Waals surface area contributed by atoms with E-state index in [0.717, 1.165) is 13.1 Å². The van der Waals surface area contributed by atoms with Crippen molar-refractivity contribution in [2.45, 2.75) is 13.1 Å². The summed E-state index contributed by atoms with van der Waals surface area (Å²) in [6, 6.07) is 3.76. The Morgan fingerprint density at radius 1 is 1.42 bits per heavy atom. The minimum atomic E-state index is -4.52. The molecule has 0 unspecified atom stereocenters. The van der Waals surface area contributed by atoms with E-state index in [4.69, 9.17) is 4.42 Å². The van der Waals surface area contributed by atoms with Crippen molar-refractivity contribution in [2.24, 2.45) is 7.05 Å². The van der Waals surface area contributed by atoms with Gasteiger partial charge in [0.05, 0.1) is 0 Å². The van der Waals surface area contributed by atoms with Gasteiger partial charge in [0.25, 0.3) is 5.91 Å². The van der Waals surface area contributed by atoms with Gasteiger partial charge in [-0.05, 0) is 19.1 Å². The molecule has 0 atom stereocenters. The smallest absolute Gasteiger partial charge is 0.433 e. The predicted octanol–water partition coefficient (Wildman–Crippen LogP) is 2.59. The molecular weight excluding hydrogens is 263 g/mol. The van der Waals surface area contributed by atoms with Gasteiger partial charge in [0, 0.05) is 13.1 Å². The quantitative estimate of drug-likeness (QED) is 0.914. The Labute approximate surface area is 106 Å².